The zero-order valence-electron chi connectivity index (χ0n) is 9.52. The summed E-state index contributed by atoms with van der Waals surface area (Å²) in [6, 6.07) is 2.54. The van der Waals surface area contributed by atoms with E-state index in [0.717, 1.165) is 6.42 Å². The fourth-order valence-electron chi connectivity index (χ4n) is 2.63. The number of rotatable bonds is 0. The maximum absolute atomic E-state index is 6.23. The number of fused-ring (bicyclic) bond motifs is 1. The van der Waals surface area contributed by atoms with Gasteiger partial charge in [-0.05, 0) is 60.9 Å². The minimum Gasteiger partial charge on any atom is -0.324 e. The van der Waals surface area contributed by atoms with Crippen molar-refractivity contribution >= 4 is 0 Å². The summed E-state index contributed by atoms with van der Waals surface area (Å²) >= 11 is 0. The van der Waals surface area contributed by atoms with Crippen molar-refractivity contribution in [2.45, 2.75) is 40.2 Å². The summed E-state index contributed by atoms with van der Waals surface area (Å²) in [5.74, 6) is 0.601. The second kappa shape index (κ2) is 3.09. The Kier molecular flexibility index (Phi) is 2.15. The van der Waals surface area contributed by atoms with E-state index in [1.165, 1.54) is 27.8 Å². The van der Waals surface area contributed by atoms with Crippen molar-refractivity contribution in [3.63, 3.8) is 0 Å². The summed E-state index contributed by atoms with van der Waals surface area (Å²) in [7, 11) is 0. The number of benzene rings is 1. The molecule has 2 unspecified atom stereocenters. The maximum atomic E-state index is 6.23. The molecule has 0 spiro atoms. The van der Waals surface area contributed by atoms with Crippen LogP contribution in [0.3, 0.4) is 0 Å². The van der Waals surface area contributed by atoms with Gasteiger partial charge in [0.1, 0.15) is 0 Å². The van der Waals surface area contributed by atoms with Crippen molar-refractivity contribution in [1.82, 2.24) is 0 Å². The number of hydrogen-bond donors (Lipinski definition) is 1. The number of hydrogen-bond acceptors (Lipinski definition) is 1. The van der Waals surface area contributed by atoms with Crippen LogP contribution in [0, 0.1) is 26.7 Å². The summed E-state index contributed by atoms with van der Waals surface area (Å²) in [6.45, 7) is 8.83. The monoisotopic (exact) mass is 189 g/mol. The van der Waals surface area contributed by atoms with Crippen LogP contribution in [0.5, 0.6) is 0 Å². The molecule has 2 N–H and O–H groups in total. The molecule has 76 valence electrons. The largest absolute Gasteiger partial charge is 0.324 e. The van der Waals surface area contributed by atoms with E-state index >= 15 is 0 Å². The molecule has 1 aromatic carbocycles. The Morgan fingerprint density at radius 2 is 1.86 bits per heavy atom. The van der Waals surface area contributed by atoms with Gasteiger partial charge >= 0.3 is 0 Å². The predicted octanol–water partition coefficient (Wildman–Crippen LogP) is 2.80. The molecule has 1 aliphatic rings. The van der Waals surface area contributed by atoms with Gasteiger partial charge in [0.25, 0.3) is 0 Å². The third-order valence-corrected chi connectivity index (χ3v) is 3.70. The number of aryl methyl sites for hydroxylation is 2. The first-order valence-corrected chi connectivity index (χ1v) is 5.37. The summed E-state index contributed by atoms with van der Waals surface area (Å²) < 4.78 is 0. The molecule has 1 aliphatic carbocycles. The van der Waals surface area contributed by atoms with Crippen molar-refractivity contribution in [2.75, 3.05) is 0 Å². The van der Waals surface area contributed by atoms with E-state index in [9.17, 15) is 0 Å². The molecule has 1 aromatic rings. The summed E-state index contributed by atoms with van der Waals surface area (Å²) in [5, 5.41) is 0. The van der Waals surface area contributed by atoms with Crippen LogP contribution in [-0.2, 0) is 6.42 Å². The van der Waals surface area contributed by atoms with Gasteiger partial charge < -0.3 is 5.73 Å². The topological polar surface area (TPSA) is 26.0 Å². The Bertz CT molecular complexity index is 379. The highest BCUT2D eigenvalue weighted by molar-refractivity contribution is 5.49. The van der Waals surface area contributed by atoms with Gasteiger partial charge in [-0.3, -0.25) is 0 Å². The average Bonchev–Trinajstić information content (AvgIpc) is 2.41. The summed E-state index contributed by atoms with van der Waals surface area (Å²) in [5.41, 5.74) is 13.4. The highest BCUT2D eigenvalue weighted by Crippen LogP contribution is 2.39. The van der Waals surface area contributed by atoms with Crippen molar-refractivity contribution < 1.29 is 0 Å². The summed E-state index contributed by atoms with van der Waals surface area (Å²) in [4.78, 5) is 0. The standard InChI is InChI=1S/C13H19N/c1-7-5-8(2)11-6-9(3)13(14)12(11)10(7)4/h5,9,13H,6,14H2,1-4H3. The molecule has 0 saturated carbocycles. The molecule has 0 heterocycles. The van der Waals surface area contributed by atoms with Crippen molar-refractivity contribution in [2.24, 2.45) is 11.7 Å². The molecule has 0 aliphatic heterocycles. The molecule has 1 nitrogen and oxygen atoms in total. The van der Waals surface area contributed by atoms with Gasteiger partial charge in [-0.1, -0.05) is 13.0 Å². The van der Waals surface area contributed by atoms with Crippen LogP contribution < -0.4 is 5.73 Å². The first-order valence-electron chi connectivity index (χ1n) is 5.37. The fraction of sp³-hybridized carbons (Fsp3) is 0.538. The van der Waals surface area contributed by atoms with Crippen LogP contribution in [0.15, 0.2) is 6.07 Å². The molecular weight excluding hydrogens is 170 g/mol. The zero-order valence-corrected chi connectivity index (χ0v) is 9.52. The Balaban J connectivity index is 2.67. The van der Waals surface area contributed by atoms with E-state index in [1.54, 1.807) is 0 Å². The Labute approximate surface area is 86.3 Å². The predicted molar refractivity (Wildman–Crippen MR) is 60.4 cm³/mol. The summed E-state index contributed by atoms with van der Waals surface area (Å²) in [6.07, 6.45) is 1.16. The van der Waals surface area contributed by atoms with Crippen LogP contribution in [0.2, 0.25) is 0 Å². The van der Waals surface area contributed by atoms with Gasteiger partial charge in [0.05, 0.1) is 0 Å². The fourth-order valence-corrected chi connectivity index (χ4v) is 2.63. The van der Waals surface area contributed by atoms with Crippen molar-refractivity contribution in [3.8, 4) is 0 Å². The van der Waals surface area contributed by atoms with Gasteiger partial charge in [0.2, 0.25) is 0 Å². The van der Waals surface area contributed by atoms with E-state index in [-0.39, 0.29) is 6.04 Å². The van der Waals surface area contributed by atoms with Gasteiger partial charge in [0.15, 0.2) is 0 Å². The third-order valence-electron chi connectivity index (χ3n) is 3.70. The van der Waals surface area contributed by atoms with Crippen LogP contribution in [-0.4, -0.2) is 0 Å². The lowest BCUT2D eigenvalue weighted by atomic mass is 9.94. The average molecular weight is 189 g/mol. The molecule has 0 radical (unpaired) electrons. The van der Waals surface area contributed by atoms with Crippen LogP contribution >= 0.6 is 0 Å². The molecule has 0 fully saturated rings. The van der Waals surface area contributed by atoms with Gasteiger partial charge in [-0.15, -0.1) is 0 Å². The van der Waals surface area contributed by atoms with E-state index in [0.29, 0.717) is 5.92 Å². The van der Waals surface area contributed by atoms with Crippen molar-refractivity contribution in [1.29, 1.82) is 0 Å². The minimum absolute atomic E-state index is 0.253. The Hall–Kier alpha value is -0.820. The van der Waals surface area contributed by atoms with E-state index in [1.807, 2.05) is 0 Å². The quantitative estimate of drug-likeness (QED) is 0.667. The van der Waals surface area contributed by atoms with E-state index in [2.05, 4.69) is 33.8 Å². The molecular formula is C13H19N. The molecule has 0 aromatic heterocycles. The van der Waals surface area contributed by atoms with E-state index in [4.69, 9.17) is 5.73 Å². The Morgan fingerprint density at radius 1 is 1.21 bits per heavy atom. The lowest BCUT2D eigenvalue weighted by molar-refractivity contribution is 0.512. The van der Waals surface area contributed by atoms with Crippen LogP contribution in [0.25, 0.3) is 0 Å². The van der Waals surface area contributed by atoms with E-state index < -0.39 is 0 Å². The highest BCUT2D eigenvalue weighted by Gasteiger charge is 2.29. The lowest BCUT2D eigenvalue weighted by Crippen LogP contribution is -2.15. The second-order valence-corrected chi connectivity index (χ2v) is 4.73. The van der Waals surface area contributed by atoms with Gasteiger partial charge in [-0.2, -0.15) is 0 Å². The van der Waals surface area contributed by atoms with Crippen molar-refractivity contribution in [3.05, 3.63) is 33.9 Å². The lowest BCUT2D eigenvalue weighted by Gasteiger charge is -2.15. The highest BCUT2D eigenvalue weighted by atomic mass is 14.7. The smallest absolute Gasteiger partial charge is 0.0329 e. The van der Waals surface area contributed by atoms with Crippen LogP contribution in [0.4, 0.5) is 0 Å². The molecule has 0 amide bonds. The maximum Gasteiger partial charge on any atom is 0.0329 e. The SMILES string of the molecule is Cc1cc(C)c2c(c1C)C(N)C(C)C2. The molecule has 2 rings (SSSR count). The van der Waals surface area contributed by atoms with Gasteiger partial charge in [0, 0.05) is 6.04 Å². The minimum atomic E-state index is 0.253. The Morgan fingerprint density at radius 3 is 2.50 bits per heavy atom. The van der Waals surface area contributed by atoms with Crippen LogP contribution in [0.1, 0.15) is 40.8 Å². The normalized spacial score (nSPS) is 25.2. The third kappa shape index (κ3) is 1.19. The molecule has 0 saturated heterocycles. The molecule has 0 bridgehead atoms. The second-order valence-electron chi connectivity index (χ2n) is 4.73. The molecule has 1 heteroatoms. The molecule has 14 heavy (non-hydrogen) atoms. The molecule has 2 atom stereocenters. The first-order chi connectivity index (χ1) is 6.52. The first kappa shape index (κ1) is 9.72. The van der Waals surface area contributed by atoms with Gasteiger partial charge in [-0.25, -0.2) is 0 Å². The number of nitrogens with two attached hydrogens (primary N) is 1. The zero-order chi connectivity index (χ0) is 10.5.